The molecule has 110 valence electrons. The molecular formula is C11H11N5O3S2. The van der Waals surface area contributed by atoms with Crippen LogP contribution in [0.15, 0.2) is 29.4 Å². The van der Waals surface area contributed by atoms with Crippen LogP contribution in [0, 0.1) is 0 Å². The van der Waals surface area contributed by atoms with Gasteiger partial charge in [0.05, 0.1) is 18.0 Å². The second-order valence-corrected chi connectivity index (χ2v) is 6.84. The van der Waals surface area contributed by atoms with Crippen molar-refractivity contribution in [2.75, 3.05) is 17.6 Å². The Hall–Kier alpha value is -2.33. The van der Waals surface area contributed by atoms with Crippen LogP contribution in [-0.2, 0) is 10.0 Å². The number of H-pyrrole nitrogens is 1. The number of nitrogens with zero attached hydrogens (tertiary/aromatic N) is 2. The number of benzene rings is 1. The van der Waals surface area contributed by atoms with Gasteiger partial charge in [-0.15, -0.1) is 0 Å². The molecule has 0 aliphatic rings. The lowest BCUT2D eigenvalue weighted by atomic mass is 10.3. The van der Waals surface area contributed by atoms with Crippen molar-refractivity contribution in [1.82, 2.24) is 15.2 Å². The van der Waals surface area contributed by atoms with Gasteiger partial charge in [-0.25, -0.2) is 13.4 Å². The van der Waals surface area contributed by atoms with Crippen LogP contribution in [0.4, 0.5) is 10.8 Å². The number of nitrogens with two attached hydrogens (primary N) is 1. The number of sulfonamides is 1. The Labute approximate surface area is 124 Å². The first-order chi connectivity index (χ1) is 9.99. The van der Waals surface area contributed by atoms with Gasteiger partial charge in [0.1, 0.15) is 16.2 Å². The second-order valence-electron chi connectivity index (χ2n) is 4.13. The van der Waals surface area contributed by atoms with Gasteiger partial charge in [0, 0.05) is 18.0 Å². The van der Waals surface area contributed by atoms with E-state index < -0.39 is 10.0 Å². The summed E-state index contributed by atoms with van der Waals surface area (Å²) in [5, 5.41) is 6.30. The molecule has 0 aliphatic carbocycles. The van der Waals surface area contributed by atoms with Gasteiger partial charge < -0.3 is 10.5 Å². The van der Waals surface area contributed by atoms with Gasteiger partial charge in [0.2, 0.25) is 0 Å². The summed E-state index contributed by atoms with van der Waals surface area (Å²) in [7, 11) is -2.21. The fourth-order valence-corrected chi connectivity index (χ4v) is 3.85. The highest BCUT2D eigenvalue weighted by molar-refractivity contribution is 7.93. The lowest BCUT2D eigenvalue weighted by Gasteiger charge is -2.01. The molecule has 0 saturated heterocycles. The van der Waals surface area contributed by atoms with Crippen molar-refractivity contribution in [3.05, 3.63) is 24.5 Å². The zero-order valence-corrected chi connectivity index (χ0v) is 12.5. The Balaban J connectivity index is 2.03. The predicted octanol–water partition coefficient (Wildman–Crippen LogP) is 1.41. The van der Waals surface area contributed by atoms with Gasteiger partial charge >= 0.3 is 0 Å². The number of hydrogen-bond acceptors (Lipinski definition) is 7. The van der Waals surface area contributed by atoms with Crippen molar-refractivity contribution in [1.29, 1.82) is 0 Å². The highest BCUT2D eigenvalue weighted by atomic mass is 32.2. The van der Waals surface area contributed by atoms with Crippen LogP contribution in [-0.4, -0.2) is 30.7 Å². The molecule has 0 amide bonds. The average molecular weight is 325 g/mol. The van der Waals surface area contributed by atoms with E-state index in [1.807, 2.05) is 0 Å². The standard InChI is InChI=1S/C11H11N5O3S2/c1-19-8-2-6(12)3-9-10(8)15-11(20-9)16-21(17,18)7-4-13-14-5-7/h2-5H,12H2,1H3,(H,13,14)(H,15,16). The van der Waals surface area contributed by atoms with E-state index in [0.29, 0.717) is 17.0 Å². The van der Waals surface area contributed by atoms with Gasteiger partial charge in [-0.2, -0.15) is 5.10 Å². The Bertz CT molecular complexity index is 886. The van der Waals surface area contributed by atoms with E-state index >= 15 is 0 Å². The molecule has 1 aromatic carbocycles. The number of fused-ring (bicyclic) bond motifs is 1. The first-order valence-corrected chi connectivity index (χ1v) is 8.05. The zero-order valence-electron chi connectivity index (χ0n) is 10.8. The third kappa shape index (κ3) is 2.50. The molecule has 0 saturated carbocycles. The summed E-state index contributed by atoms with van der Waals surface area (Å²) in [6, 6.07) is 3.35. The smallest absolute Gasteiger partial charge is 0.266 e. The van der Waals surface area contributed by atoms with Crippen LogP contribution in [0.3, 0.4) is 0 Å². The molecule has 3 rings (SSSR count). The van der Waals surface area contributed by atoms with Crippen LogP contribution in [0.2, 0.25) is 0 Å². The summed E-state index contributed by atoms with van der Waals surface area (Å²) < 4.78 is 32.5. The average Bonchev–Trinajstić information content (AvgIpc) is 3.05. The Morgan fingerprint density at radius 2 is 2.24 bits per heavy atom. The number of aromatic amines is 1. The molecule has 0 radical (unpaired) electrons. The Kier molecular flexibility index (Phi) is 3.18. The summed E-state index contributed by atoms with van der Waals surface area (Å²) in [5.74, 6) is 0.495. The largest absolute Gasteiger partial charge is 0.494 e. The van der Waals surface area contributed by atoms with Crippen molar-refractivity contribution in [3.63, 3.8) is 0 Å². The number of nitrogen functional groups attached to an aromatic ring is 1. The minimum absolute atomic E-state index is 0.0354. The van der Waals surface area contributed by atoms with E-state index in [1.165, 1.54) is 30.8 Å². The maximum absolute atomic E-state index is 12.1. The molecule has 0 bridgehead atoms. The highest BCUT2D eigenvalue weighted by Crippen LogP contribution is 2.35. The summed E-state index contributed by atoms with van der Waals surface area (Å²) in [6.45, 7) is 0. The highest BCUT2D eigenvalue weighted by Gasteiger charge is 2.18. The third-order valence-corrected chi connectivity index (χ3v) is 5.06. The zero-order chi connectivity index (χ0) is 15.0. The van der Waals surface area contributed by atoms with Crippen molar-refractivity contribution in [3.8, 4) is 5.75 Å². The number of thiazole rings is 1. The fourth-order valence-electron chi connectivity index (χ4n) is 1.78. The van der Waals surface area contributed by atoms with Gasteiger partial charge in [-0.05, 0) is 6.07 Å². The molecule has 0 atom stereocenters. The van der Waals surface area contributed by atoms with E-state index in [-0.39, 0.29) is 10.0 Å². The minimum Gasteiger partial charge on any atom is -0.494 e. The summed E-state index contributed by atoms with van der Waals surface area (Å²) >= 11 is 1.17. The predicted molar refractivity (Wildman–Crippen MR) is 80.0 cm³/mol. The first kappa shape index (κ1) is 13.6. The number of hydrogen-bond donors (Lipinski definition) is 3. The maximum Gasteiger partial charge on any atom is 0.266 e. The van der Waals surface area contributed by atoms with Crippen molar-refractivity contribution in [2.45, 2.75) is 4.90 Å². The normalized spacial score (nSPS) is 11.7. The SMILES string of the molecule is COc1cc(N)cc2sc(NS(=O)(=O)c3cn[nH]c3)nc12. The monoisotopic (exact) mass is 325 g/mol. The molecule has 0 fully saturated rings. The number of aromatic nitrogens is 3. The quantitative estimate of drug-likeness (QED) is 0.623. The number of anilines is 2. The first-order valence-electron chi connectivity index (χ1n) is 5.75. The van der Waals surface area contributed by atoms with Gasteiger partial charge in [0.15, 0.2) is 5.13 Å². The van der Waals surface area contributed by atoms with Crippen LogP contribution >= 0.6 is 11.3 Å². The van der Waals surface area contributed by atoms with E-state index in [1.54, 1.807) is 12.1 Å². The van der Waals surface area contributed by atoms with E-state index in [2.05, 4.69) is 19.9 Å². The molecule has 10 heteroatoms. The number of methoxy groups -OCH3 is 1. The summed E-state index contributed by atoms with van der Waals surface area (Å²) in [6.07, 6.45) is 2.50. The minimum atomic E-state index is -3.72. The number of rotatable bonds is 4. The molecule has 2 heterocycles. The molecule has 0 spiro atoms. The fraction of sp³-hybridized carbons (Fsp3) is 0.0909. The van der Waals surface area contributed by atoms with Crippen molar-refractivity contribution < 1.29 is 13.2 Å². The second kappa shape index (κ2) is 4.90. The molecule has 2 aromatic heterocycles. The lowest BCUT2D eigenvalue weighted by molar-refractivity contribution is 0.419. The lowest BCUT2D eigenvalue weighted by Crippen LogP contribution is -2.11. The molecule has 8 nitrogen and oxygen atoms in total. The maximum atomic E-state index is 12.1. The molecule has 4 N–H and O–H groups in total. The summed E-state index contributed by atoms with van der Waals surface area (Å²) in [5.41, 5.74) is 6.84. The van der Waals surface area contributed by atoms with Gasteiger partial charge in [-0.1, -0.05) is 11.3 Å². The van der Waals surface area contributed by atoms with Crippen LogP contribution in [0.5, 0.6) is 5.75 Å². The topological polar surface area (TPSA) is 123 Å². The Morgan fingerprint density at radius 3 is 2.90 bits per heavy atom. The third-order valence-electron chi connectivity index (χ3n) is 2.71. The summed E-state index contributed by atoms with van der Waals surface area (Å²) in [4.78, 5) is 4.27. The van der Waals surface area contributed by atoms with E-state index in [4.69, 9.17) is 10.5 Å². The van der Waals surface area contributed by atoms with Crippen LogP contribution < -0.4 is 15.2 Å². The number of nitrogens with one attached hydrogen (secondary N) is 2. The van der Waals surface area contributed by atoms with Gasteiger partial charge in [0.25, 0.3) is 10.0 Å². The number of ether oxygens (including phenoxy) is 1. The van der Waals surface area contributed by atoms with Crippen LogP contribution in [0.25, 0.3) is 10.2 Å². The molecule has 0 aliphatic heterocycles. The van der Waals surface area contributed by atoms with Crippen LogP contribution in [0.1, 0.15) is 0 Å². The Morgan fingerprint density at radius 1 is 1.43 bits per heavy atom. The molecule has 0 unspecified atom stereocenters. The van der Waals surface area contributed by atoms with E-state index in [0.717, 1.165) is 4.70 Å². The molecule has 21 heavy (non-hydrogen) atoms. The van der Waals surface area contributed by atoms with Crippen molar-refractivity contribution >= 4 is 42.4 Å². The molecule has 3 aromatic rings. The van der Waals surface area contributed by atoms with E-state index in [9.17, 15) is 8.42 Å². The molecular weight excluding hydrogens is 314 g/mol. The van der Waals surface area contributed by atoms with Crippen molar-refractivity contribution in [2.24, 2.45) is 0 Å². The van der Waals surface area contributed by atoms with Gasteiger partial charge in [-0.3, -0.25) is 9.82 Å².